The molecule has 1 aliphatic heterocycles. The van der Waals surface area contributed by atoms with E-state index in [2.05, 4.69) is 10.6 Å². The molecule has 3 amide bonds. The number of amides is 3. The first-order valence-electron chi connectivity index (χ1n) is 11.0. The van der Waals surface area contributed by atoms with Crippen LogP contribution in [-0.4, -0.2) is 24.3 Å². The van der Waals surface area contributed by atoms with Crippen LogP contribution in [0.1, 0.15) is 33.5 Å². The molecule has 2 N–H and O–H groups in total. The number of carbonyl (C=O) groups is 3. The first-order chi connectivity index (χ1) is 15.9. The van der Waals surface area contributed by atoms with Gasteiger partial charge in [0.25, 0.3) is 5.91 Å². The largest absolute Gasteiger partial charge is 0.348 e. The van der Waals surface area contributed by atoms with Gasteiger partial charge in [-0.25, -0.2) is 0 Å². The summed E-state index contributed by atoms with van der Waals surface area (Å²) in [4.78, 5) is 40.1. The molecule has 1 unspecified atom stereocenters. The van der Waals surface area contributed by atoms with E-state index in [1.807, 2.05) is 62.4 Å². The third-order valence-corrected chi connectivity index (χ3v) is 5.91. The smallest absolute Gasteiger partial charge is 0.253 e. The van der Waals surface area contributed by atoms with Crippen molar-refractivity contribution in [3.63, 3.8) is 0 Å². The van der Waals surface area contributed by atoms with E-state index < -0.39 is 5.92 Å². The van der Waals surface area contributed by atoms with E-state index in [4.69, 9.17) is 0 Å². The summed E-state index contributed by atoms with van der Waals surface area (Å²) in [7, 11) is 0. The highest BCUT2D eigenvalue weighted by molar-refractivity contribution is 6.07. The Bertz CT molecular complexity index is 1190. The van der Waals surface area contributed by atoms with Gasteiger partial charge in [-0.3, -0.25) is 14.4 Å². The molecule has 0 saturated carbocycles. The van der Waals surface area contributed by atoms with Crippen molar-refractivity contribution in [3.05, 3.63) is 95.1 Å². The van der Waals surface area contributed by atoms with E-state index in [1.54, 1.807) is 29.2 Å². The molecule has 1 aliphatic rings. The summed E-state index contributed by atoms with van der Waals surface area (Å²) in [5, 5.41) is 5.77. The molecule has 6 heteroatoms. The lowest BCUT2D eigenvalue weighted by molar-refractivity contribution is -0.122. The van der Waals surface area contributed by atoms with Crippen LogP contribution in [0.25, 0.3) is 0 Å². The van der Waals surface area contributed by atoms with Crippen molar-refractivity contribution in [1.82, 2.24) is 5.32 Å². The molecule has 0 aliphatic carbocycles. The van der Waals surface area contributed by atoms with Gasteiger partial charge in [-0.2, -0.15) is 0 Å². The summed E-state index contributed by atoms with van der Waals surface area (Å²) in [5.74, 6) is -1.09. The topological polar surface area (TPSA) is 78.5 Å². The van der Waals surface area contributed by atoms with Gasteiger partial charge in [0, 0.05) is 25.2 Å². The predicted molar refractivity (Wildman–Crippen MR) is 129 cm³/mol. The Labute approximate surface area is 193 Å². The fourth-order valence-electron chi connectivity index (χ4n) is 3.99. The highest BCUT2D eigenvalue weighted by atomic mass is 16.2. The van der Waals surface area contributed by atoms with Gasteiger partial charge in [0.15, 0.2) is 0 Å². The van der Waals surface area contributed by atoms with Gasteiger partial charge in [-0.05, 0) is 43.2 Å². The monoisotopic (exact) mass is 441 g/mol. The number of nitrogens with one attached hydrogen (secondary N) is 2. The lowest BCUT2D eigenvalue weighted by Crippen LogP contribution is -2.29. The summed E-state index contributed by atoms with van der Waals surface area (Å²) in [6.07, 6.45) is 0.141. The van der Waals surface area contributed by atoms with Gasteiger partial charge in [0.2, 0.25) is 11.8 Å². The van der Waals surface area contributed by atoms with Crippen LogP contribution in [0.5, 0.6) is 0 Å². The molecule has 0 radical (unpaired) electrons. The molecule has 3 aromatic rings. The number of aryl methyl sites for hydroxylation is 2. The van der Waals surface area contributed by atoms with Crippen LogP contribution in [0.15, 0.2) is 72.8 Å². The normalized spacial score (nSPS) is 15.4. The molecule has 1 fully saturated rings. The minimum absolute atomic E-state index is 0.0754. The Morgan fingerprint density at radius 2 is 1.64 bits per heavy atom. The lowest BCUT2D eigenvalue weighted by Gasteiger charge is -2.19. The van der Waals surface area contributed by atoms with E-state index in [0.29, 0.717) is 24.3 Å². The van der Waals surface area contributed by atoms with Crippen molar-refractivity contribution in [1.29, 1.82) is 0 Å². The maximum Gasteiger partial charge on any atom is 0.253 e. The van der Waals surface area contributed by atoms with Crippen molar-refractivity contribution >= 4 is 29.1 Å². The van der Waals surface area contributed by atoms with Crippen LogP contribution in [-0.2, 0) is 16.1 Å². The Kier molecular flexibility index (Phi) is 6.54. The van der Waals surface area contributed by atoms with Gasteiger partial charge in [0.1, 0.15) is 0 Å². The van der Waals surface area contributed by atoms with Crippen LogP contribution >= 0.6 is 0 Å². The number of hydrogen-bond acceptors (Lipinski definition) is 3. The van der Waals surface area contributed by atoms with Gasteiger partial charge in [-0.1, -0.05) is 60.2 Å². The fourth-order valence-corrected chi connectivity index (χ4v) is 3.99. The zero-order valence-corrected chi connectivity index (χ0v) is 18.8. The van der Waals surface area contributed by atoms with Crippen molar-refractivity contribution in [2.75, 3.05) is 16.8 Å². The zero-order valence-electron chi connectivity index (χ0n) is 18.8. The highest BCUT2D eigenvalue weighted by Crippen LogP contribution is 2.28. The Morgan fingerprint density at radius 1 is 0.939 bits per heavy atom. The fraction of sp³-hybridized carbons (Fsp3) is 0.222. The summed E-state index contributed by atoms with van der Waals surface area (Å²) < 4.78 is 0. The van der Waals surface area contributed by atoms with E-state index in [-0.39, 0.29) is 24.1 Å². The zero-order chi connectivity index (χ0) is 23.4. The van der Waals surface area contributed by atoms with Crippen LogP contribution < -0.4 is 15.5 Å². The van der Waals surface area contributed by atoms with Gasteiger partial charge in [0.05, 0.1) is 17.2 Å². The number of benzene rings is 3. The standard InChI is InChI=1S/C27H27N3O3/c1-18-11-13-20(14-12-18)16-28-27(33)22-8-4-5-9-23(22)29-26(32)21-15-25(31)30(17-21)24-10-6-3-7-19(24)2/h3-14,21H,15-17H2,1-2H3,(H,28,33)(H,29,32). The van der Waals surface area contributed by atoms with E-state index in [9.17, 15) is 14.4 Å². The van der Waals surface area contributed by atoms with Crippen molar-refractivity contribution in [2.24, 2.45) is 5.92 Å². The number of hydrogen-bond donors (Lipinski definition) is 2. The second-order valence-electron chi connectivity index (χ2n) is 8.39. The van der Waals surface area contributed by atoms with Gasteiger partial charge < -0.3 is 15.5 Å². The maximum atomic E-state index is 13.0. The molecule has 1 heterocycles. The summed E-state index contributed by atoms with van der Waals surface area (Å²) in [5.41, 5.74) is 4.79. The summed E-state index contributed by atoms with van der Waals surface area (Å²) >= 11 is 0. The molecule has 1 atom stereocenters. The number of rotatable bonds is 6. The average molecular weight is 442 g/mol. The molecule has 4 rings (SSSR count). The quantitative estimate of drug-likeness (QED) is 0.601. The first-order valence-corrected chi connectivity index (χ1v) is 11.0. The Balaban J connectivity index is 1.42. The van der Waals surface area contributed by atoms with Crippen molar-refractivity contribution in [2.45, 2.75) is 26.8 Å². The third-order valence-electron chi connectivity index (χ3n) is 5.91. The van der Waals surface area contributed by atoms with E-state index in [0.717, 1.165) is 22.4 Å². The Hall–Kier alpha value is -3.93. The van der Waals surface area contributed by atoms with Crippen LogP contribution in [0.4, 0.5) is 11.4 Å². The van der Waals surface area contributed by atoms with Crippen molar-refractivity contribution in [3.8, 4) is 0 Å². The number of carbonyl (C=O) groups excluding carboxylic acids is 3. The highest BCUT2D eigenvalue weighted by Gasteiger charge is 2.36. The van der Waals surface area contributed by atoms with Crippen LogP contribution in [0.3, 0.4) is 0 Å². The molecule has 0 spiro atoms. The third kappa shape index (κ3) is 5.12. The molecule has 168 valence electrons. The van der Waals surface area contributed by atoms with Crippen molar-refractivity contribution < 1.29 is 14.4 Å². The molecule has 0 bridgehead atoms. The first kappa shape index (κ1) is 22.3. The maximum absolute atomic E-state index is 13.0. The molecular formula is C27H27N3O3. The Morgan fingerprint density at radius 3 is 2.39 bits per heavy atom. The number of nitrogens with zero attached hydrogens (tertiary/aromatic N) is 1. The van der Waals surface area contributed by atoms with E-state index >= 15 is 0 Å². The summed E-state index contributed by atoms with van der Waals surface area (Å²) in [6, 6.07) is 22.5. The molecule has 1 saturated heterocycles. The van der Waals surface area contributed by atoms with Crippen LogP contribution in [0, 0.1) is 19.8 Å². The average Bonchev–Trinajstić information content (AvgIpc) is 3.20. The molecule has 6 nitrogen and oxygen atoms in total. The van der Waals surface area contributed by atoms with E-state index in [1.165, 1.54) is 0 Å². The molecular weight excluding hydrogens is 414 g/mol. The van der Waals surface area contributed by atoms with Crippen LogP contribution in [0.2, 0.25) is 0 Å². The van der Waals surface area contributed by atoms with Gasteiger partial charge >= 0.3 is 0 Å². The number of anilines is 2. The lowest BCUT2D eigenvalue weighted by atomic mass is 10.1. The second kappa shape index (κ2) is 9.69. The van der Waals surface area contributed by atoms with Gasteiger partial charge in [-0.15, -0.1) is 0 Å². The molecule has 0 aromatic heterocycles. The second-order valence-corrected chi connectivity index (χ2v) is 8.39. The molecule has 3 aromatic carbocycles. The predicted octanol–water partition coefficient (Wildman–Crippen LogP) is 4.23. The SMILES string of the molecule is Cc1ccc(CNC(=O)c2ccccc2NC(=O)C2CC(=O)N(c3ccccc3C)C2)cc1. The summed E-state index contributed by atoms with van der Waals surface area (Å²) in [6.45, 7) is 4.67. The minimum Gasteiger partial charge on any atom is -0.348 e. The number of para-hydroxylation sites is 2. The molecule has 33 heavy (non-hydrogen) atoms. The minimum atomic E-state index is -0.485.